The van der Waals surface area contributed by atoms with E-state index in [1.807, 2.05) is 38.1 Å². The summed E-state index contributed by atoms with van der Waals surface area (Å²) in [5, 5.41) is 6.94. The summed E-state index contributed by atoms with van der Waals surface area (Å²) in [5.74, 6) is -0.0550. The lowest BCUT2D eigenvalue weighted by Crippen LogP contribution is -2.36. The third-order valence-corrected chi connectivity index (χ3v) is 4.53. The Hall–Kier alpha value is -1.75. The number of carbonyl (C=O) groups excluding carboxylic acids is 1. The number of fused-ring (bicyclic) bond motifs is 1. The number of benzene rings is 2. The fourth-order valence-corrected chi connectivity index (χ4v) is 3.49. The highest BCUT2D eigenvalue weighted by Crippen LogP contribution is 2.28. The van der Waals surface area contributed by atoms with Crippen LogP contribution in [0.4, 0.5) is 11.4 Å². The summed E-state index contributed by atoms with van der Waals surface area (Å²) >= 11 is 6.29. The monoisotopic (exact) mass is 379 g/mol. The van der Waals surface area contributed by atoms with Crippen molar-refractivity contribution in [1.82, 2.24) is 5.32 Å². The first kappa shape index (κ1) is 19.6. The molecule has 1 heterocycles. The number of anilines is 2. The second kappa shape index (κ2) is 8.56. The van der Waals surface area contributed by atoms with Gasteiger partial charge in [-0.05, 0) is 42.7 Å². The molecular formula is C19H23Cl2N3O. The highest BCUT2D eigenvalue weighted by molar-refractivity contribution is 6.34. The van der Waals surface area contributed by atoms with Crippen LogP contribution < -0.4 is 15.5 Å². The number of hydrogen-bond donors (Lipinski definition) is 2. The van der Waals surface area contributed by atoms with Crippen molar-refractivity contribution in [2.75, 3.05) is 29.9 Å². The number of nitrogens with zero attached hydrogens (tertiary/aromatic N) is 1. The molecule has 0 saturated heterocycles. The lowest BCUT2D eigenvalue weighted by Gasteiger charge is -2.24. The molecule has 0 saturated carbocycles. The van der Waals surface area contributed by atoms with Crippen LogP contribution in [0.1, 0.15) is 16.7 Å². The van der Waals surface area contributed by atoms with E-state index in [0.717, 1.165) is 36.4 Å². The smallest absolute Gasteiger partial charge is 0.243 e. The first-order valence-electron chi connectivity index (χ1n) is 8.15. The molecule has 6 heteroatoms. The van der Waals surface area contributed by atoms with Gasteiger partial charge in [0.1, 0.15) is 0 Å². The molecule has 2 aromatic carbocycles. The molecule has 25 heavy (non-hydrogen) atoms. The maximum absolute atomic E-state index is 12.6. The Kier molecular flexibility index (Phi) is 6.71. The predicted octanol–water partition coefficient (Wildman–Crippen LogP) is 3.93. The van der Waals surface area contributed by atoms with Gasteiger partial charge in [-0.3, -0.25) is 4.79 Å². The molecular weight excluding hydrogens is 357 g/mol. The molecule has 1 aliphatic heterocycles. The molecule has 0 unspecified atom stereocenters. The van der Waals surface area contributed by atoms with Gasteiger partial charge in [-0.25, -0.2) is 0 Å². The van der Waals surface area contributed by atoms with Gasteiger partial charge in [0.2, 0.25) is 5.91 Å². The lowest BCUT2D eigenvalue weighted by atomic mass is 10.1. The molecule has 134 valence electrons. The topological polar surface area (TPSA) is 44.4 Å². The lowest BCUT2D eigenvalue weighted by molar-refractivity contribution is -0.115. The molecule has 1 aliphatic rings. The maximum Gasteiger partial charge on any atom is 0.243 e. The Labute approximate surface area is 160 Å². The fourth-order valence-electron chi connectivity index (χ4n) is 3.12. The minimum absolute atomic E-state index is 0. The average Bonchev–Trinajstić information content (AvgIpc) is 2.73. The van der Waals surface area contributed by atoms with Gasteiger partial charge in [-0.15, -0.1) is 12.4 Å². The molecule has 2 aromatic rings. The van der Waals surface area contributed by atoms with Gasteiger partial charge < -0.3 is 15.5 Å². The minimum Gasteiger partial charge on any atom is -0.361 e. The van der Waals surface area contributed by atoms with Crippen LogP contribution in [0, 0.1) is 13.8 Å². The van der Waals surface area contributed by atoms with E-state index in [0.29, 0.717) is 17.3 Å². The number of rotatable bonds is 3. The van der Waals surface area contributed by atoms with Crippen LogP contribution in [0.25, 0.3) is 0 Å². The van der Waals surface area contributed by atoms with Crippen LogP contribution in [0.3, 0.4) is 0 Å². The Balaban J connectivity index is 0.00000225. The molecule has 3 rings (SSSR count). The standard InChI is InChI=1S/C19H22ClN3O.ClH/c1-13-9-14(2)19(16(20)10-13)22-18(24)12-23-8-7-21-11-15-5-3-4-6-17(15)23;/h3-6,9-10,21H,7-8,11-12H2,1-2H3,(H,22,24);1H. The SMILES string of the molecule is Cc1cc(C)c(NC(=O)CN2CCNCc3ccccc32)c(Cl)c1.Cl. The van der Waals surface area contributed by atoms with E-state index >= 15 is 0 Å². The van der Waals surface area contributed by atoms with Crippen LogP contribution >= 0.6 is 24.0 Å². The Morgan fingerprint density at radius 1 is 1.28 bits per heavy atom. The van der Waals surface area contributed by atoms with Crippen molar-refractivity contribution in [3.8, 4) is 0 Å². The summed E-state index contributed by atoms with van der Waals surface area (Å²) in [5.41, 5.74) is 5.10. The molecule has 0 bridgehead atoms. The van der Waals surface area contributed by atoms with Crippen molar-refractivity contribution in [2.24, 2.45) is 0 Å². The summed E-state index contributed by atoms with van der Waals surface area (Å²) in [7, 11) is 0. The second-order valence-electron chi connectivity index (χ2n) is 6.21. The van der Waals surface area contributed by atoms with Gasteiger partial charge in [-0.1, -0.05) is 35.9 Å². The summed E-state index contributed by atoms with van der Waals surface area (Å²) in [6.45, 7) is 6.74. The highest BCUT2D eigenvalue weighted by atomic mass is 35.5. The van der Waals surface area contributed by atoms with E-state index in [9.17, 15) is 4.79 Å². The molecule has 0 aromatic heterocycles. The summed E-state index contributed by atoms with van der Waals surface area (Å²) in [6.07, 6.45) is 0. The van der Waals surface area contributed by atoms with E-state index in [1.54, 1.807) is 0 Å². The van der Waals surface area contributed by atoms with E-state index < -0.39 is 0 Å². The zero-order valence-corrected chi connectivity index (χ0v) is 16.0. The summed E-state index contributed by atoms with van der Waals surface area (Å²) in [4.78, 5) is 14.7. The number of para-hydroxylation sites is 1. The van der Waals surface area contributed by atoms with E-state index in [4.69, 9.17) is 11.6 Å². The first-order valence-corrected chi connectivity index (χ1v) is 8.52. The van der Waals surface area contributed by atoms with Gasteiger partial charge >= 0.3 is 0 Å². The number of nitrogens with one attached hydrogen (secondary N) is 2. The van der Waals surface area contributed by atoms with Crippen molar-refractivity contribution < 1.29 is 4.79 Å². The molecule has 0 aliphatic carbocycles. The Morgan fingerprint density at radius 2 is 2.04 bits per heavy atom. The molecule has 0 spiro atoms. The third kappa shape index (κ3) is 4.66. The van der Waals surface area contributed by atoms with Crippen molar-refractivity contribution in [3.63, 3.8) is 0 Å². The largest absolute Gasteiger partial charge is 0.361 e. The number of halogens is 2. The van der Waals surface area contributed by atoms with Gasteiger partial charge in [0.05, 0.1) is 17.3 Å². The van der Waals surface area contributed by atoms with E-state index in [1.165, 1.54) is 5.56 Å². The fraction of sp³-hybridized carbons (Fsp3) is 0.316. The van der Waals surface area contributed by atoms with Crippen molar-refractivity contribution in [1.29, 1.82) is 0 Å². The molecule has 0 radical (unpaired) electrons. The predicted molar refractivity (Wildman–Crippen MR) is 107 cm³/mol. The van der Waals surface area contributed by atoms with Crippen LogP contribution in [-0.4, -0.2) is 25.5 Å². The summed E-state index contributed by atoms with van der Waals surface area (Å²) < 4.78 is 0. The quantitative estimate of drug-likeness (QED) is 0.848. The Morgan fingerprint density at radius 3 is 2.80 bits per heavy atom. The molecule has 0 atom stereocenters. The zero-order chi connectivity index (χ0) is 17.1. The number of hydrogen-bond acceptors (Lipinski definition) is 3. The maximum atomic E-state index is 12.6. The van der Waals surface area contributed by atoms with Gasteiger partial charge in [0.25, 0.3) is 0 Å². The minimum atomic E-state index is -0.0550. The molecule has 4 nitrogen and oxygen atoms in total. The molecule has 1 amide bonds. The second-order valence-corrected chi connectivity index (χ2v) is 6.62. The summed E-state index contributed by atoms with van der Waals surface area (Å²) in [6, 6.07) is 12.1. The number of amides is 1. The number of carbonyl (C=O) groups is 1. The van der Waals surface area contributed by atoms with E-state index in [2.05, 4.69) is 27.7 Å². The van der Waals surface area contributed by atoms with Crippen molar-refractivity contribution >= 4 is 41.3 Å². The first-order chi connectivity index (χ1) is 11.5. The molecule has 0 fully saturated rings. The van der Waals surface area contributed by atoms with Crippen LogP contribution in [0.2, 0.25) is 5.02 Å². The van der Waals surface area contributed by atoms with Gasteiger partial charge in [-0.2, -0.15) is 0 Å². The highest BCUT2D eigenvalue weighted by Gasteiger charge is 2.18. The zero-order valence-electron chi connectivity index (χ0n) is 14.4. The Bertz CT molecular complexity index is 741. The van der Waals surface area contributed by atoms with Crippen molar-refractivity contribution in [3.05, 3.63) is 58.1 Å². The van der Waals surface area contributed by atoms with E-state index in [-0.39, 0.29) is 18.3 Å². The van der Waals surface area contributed by atoms with Gasteiger partial charge in [0.15, 0.2) is 0 Å². The van der Waals surface area contributed by atoms with Crippen LogP contribution in [0.15, 0.2) is 36.4 Å². The van der Waals surface area contributed by atoms with Gasteiger partial charge in [0, 0.05) is 25.3 Å². The average molecular weight is 380 g/mol. The van der Waals surface area contributed by atoms with Crippen LogP contribution in [-0.2, 0) is 11.3 Å². The third-order valence-electron chi connectivity index (χ3n) is 4.24. The molecule has 2 N–H and O–H groups in total. The number of aryl methyl sites for hydroxylation is 2. The van der Waals surface area contributed by atoms with Crippen molar-refractivity contribution in [2.45, 2.75) is 20.4 Å². The normalized spacial score (nSPS) is 13.5. The van der Waals surface area contributed by atoms with Crippen LogP contribution in [0.5, 0.6) is 0 Å².